The average molecular weight is 223 g/mol. The number of rotatable bonds is 7. The standard InChI is InChI=1S/C13H21NO2/c1-11(2)10-16-13-6-4-3-5-12(13)9-14-7-8-15/h3-6,11,14-15H,7-10H2,1-2H3. The Bertz CT molecular complexity index is 300. The van der Waals surface area contributed by atoms with Crippen LogP contribution in [0.4, 0.5) is 0 Å². The fourth-order valence-corrected chi connectivity index (χ4v) is 1.35. The lowest BCUT2D eigenvalue weighted by atomic mass is 10.2. The first-order chi connectivity index (χ1) is 7.74. The average Bonchev–Trinajstić information content (AvgIpc) is 2.28. The summed E-state index contributed by atoms with van der Waals surface area (Å²) in [4.78, 5) is 0. The van der Waals surface area contributed by atoms with Gasteiger partial charge < -0.3 is 15.2 Å². The molecule has 0 bridgehead atoms. The van der Waals surface area contributed by atoms with Crippen molar-refractivity contribution in [3.8, 4) is 5.75 Å². The van der Waals surface area contributed by atoms with Crippen molar-refractivity contribution in [2.24, 2.45) is 5.92 Å². The van der Waals surface area contributed by atoms with E-state index in [1.54, 1.807) is 0 Å². The Hall–Kier alpha value is -1.06. The Kier molecular flexibility index (Phi) is 5.90. The van der Waals surface area contributed by atoms with Gasteiger partial charge in [0.15, 0.2) is 0 Å². The predicted octanol–water partition coefficient (Wildman–Crippen LogP) is 1.80. The number of aliphatic hydroxyl groups excluding tert-OH is 1. The van der Waals surface area contributed by atoms with E-state index in [-0.39, 0.29) is 6.61 Å². The van der Waals surface area contributed by atoms with Crippen molar-refractivity contribution >= 4 is 0 Å². The summed E-state index contributed by atoms with van der Waals surface area (Å²) < 4.78 is 5.73. The third-order valence-electron chi connectivity index (χ3n) is 2.15. The molecule has 2 N–H and O–H groups in total. The van der Waals surface area contributed by atoms with E-state index in [4.69, 9.17) is 9.84 Å². The number of nitrogens with one attached hydrogen (secondary N) is 1. The number of benzene rings is 1. The van der Waals surface area contributed by atoms with E-state index in [9.17, 15) is 0 Å². The van der Waals surface area contributed by atoms with Gasteiger partial charge in [-0.2, -0.15) is 0 Å². The van der Waals surface area contributed by atoms with Crippen molar-refractivity contribution in [2.75, 3.05) is 19.8 Å². The molecule has 1 aromatic rings. The third kappa shape index (κ3) is 4.64. The molecule has 0 spiro atoms. The number of hydrogen-bond donors (Lipinski definition) is 2. The summed E-state index contributed by atoms with van der Waals surface area (Å²) in [5.41, 5.74) is 1.14. The molecule has 0 fully saturated rings. The molecule has 0 saturated heterocycles. The third-order valence-corrected chi connectivity index (χ3v) is 2.15. The van der Waals surface area contributed by atoms with E-state index < -0.39 is 0 Å². The maximum Gasteiger partial charge on any atom is 0.123 e. The quantitative estimate of drug-likeness (QED) is 0.693. The second-order valence-electron chi connectivity index (χ2n) is 4.21. The zero-order valence-electron chi connectivity index (χ0n) is 10.1. The van der Waals surface area contributed by atoms with Gasteiger partial charge in [0.25, 0.3) is 0 Å². The van der Waals surface area contributed by atoms with Gasteiger partial charge in [-0.3, -0.25) is 0 Å². The van der Waals surface area contributed by atoms with E-state index in [1.807, 2.05) is 24.3 Å². The molecular formula is C13H21NO2. The van der Waals surface area contributed by atoms with E-state index in [2.05, 4.69) is 19.2 Å². The minimum atomic E-state index is 0.162. The van der Waals surface area contributed by atoms with Crippen molar-refractivity contribution in [3.63, 3.8) is 0 Å². The van der Waals surface area contributed by atoms with Crippen molar-refractivity contribution in [3.05, 3.63) is 29.8 Å². The molecule has 16 heavy (non-hydrogen) atoms. The van der Waals surface area contributed by atoms with Crippen LogP contribution in [0.3, 0.4) is 0 Å². The Morgan fingerprint density at radius 1 is 1.31 bits per heavy atom. The van der Waals surface area contributed by atoms with Crippen LogP contribution in [0.15, 0.2) is 24.3 Å². The topological polar surface area (TPSA) is 41.5 Å². The van der Waals surface area contributed by atoms with Crippen LogP contribution < -0.4 is 10.1 Å². The molecule has 90 valence electrons. The van der Waals surface area contributed by atoms with Gasteiger partial charge in [-0.1, -0.05) is 32.0 Å². The zero-order valence-corrected chi connectivity index (χ0v) is 10.1. The predicted molar refractivity (Wildman–Crippen MR) is 65.6 cm³/mol. The molecule has 0 aliphatic heterocycles. The van der Waals surface area contributed by atoms with Crippen molar-refractivity contribution in [1.29, 1.82) is 0 Å². The van der Waals surface area contributed by atoms with Crippen LogP contribution in [0.25, 0.3) is 0 Å². The molecule has 1 rings (SSSR count). The van der Waals surface area contributed by atoms with Gasteiger partial charge in [0, 0.05) is 18.7 Å². The van der Waals surface area contributed by atoms with Gasteiger partial charge in [0.1, 0.15) is 5.75 Å². The summed E-state index contributed by atoms with van der Waals surface area (Å²) in [7, 11) is 0. The van der Waals surface area contributed by atoms with Gasteiger partial charge in [0.05, 0.1) is 13.2 Å². The lowest BCUT2D eigenvalue weighted by Crippen LogP contribution is -2.18. The molecule has 0 aliphatic carbocycles. The normalized spacial score (nSPS) is 10.8. The van der Waals surface area contributed by atoms with E-state index >= 15 is 0 Å². The minimum absolute atomic E-state index is 0.162. The molecule has 0 aliphatic rings. The summed E-state index contributed by atoms with van der Waals surface area (Å²) in [5.74, 6) is 1.46. The summed E-state index contributed by atoms with van der Waals surface area (Å²) in [6.07, 6.45) is 0. The van der Waals surface area contributed by atoms with Gasteiger partial charge in [0.2, 0.25) is 0 Å². The fraction of sp³-hybridized carbons (Fsp3) is 0.538. The molecule has 0 atom stereocenters. The molecule has 0 radical (unpaired) electrons. The molecule has 3 nitrogen and oxygen atoms in total. The molecular weight excluding hydrogens is 202 g/mol. The van der Waals surface area contributed by atoms with Crippen molar-refractivity contribution in [1.82, 2.24) is 5.32 Å². The van der Waals surface area contributed by atoms with Crippen LogP contribution in [-0.2, 0) is 6.54 Å². The zero-order chi connectivity index (χ0) is 11.8. The van der Waals surface area contributed by atoms with Gasteiger partial charge in [-0.15, -0.1) is 0 Å². The molecule has 3 heteroatoms. The smallest absolute Gasteiger partial charge is 0.123 e. The van der Waals surface area contributed by atoms with Gasteiger partial charge in [-0.05, 0) is 12.0 Å². The highest BCUT2D eigenvalue weighted by Crippen LogP contribution is 2.18. The summed E-state index contributed by atoms with van der Waals surface area (Å²) in [5, 5.41) is 11.8. The summed E-state index contributed by atoms with van der Waals surface area (Å²) >= 11 is 0. The molecule has 0 saturated carbocycles. The largest absolute Gasteiger partial charge is 0.493 e. The van der Waals surface area contributed by atoms with Crippen LogP contribution >= 0.6 is 0 Å². The second kappa shape index (κ2) is 7.25. The SMILES string of the molecule is CC(C)COc1ccccc1CNCCO. The highest BCUT2D eigenvalue weighted by molar-refractivity contribution is 5.33. The Morgan fingerprint density at radius 2 is 2.06 bits per heavy atom. The first-order valence-corrected chi connectivity index (χ1v) is 5.76. The lowest BCUT2D eigenvalue weighted by Gasteiger charge is -2.13. The van der Waals surface area contributed by atoms with Crippen LogP contribution in [0, 0.1) is 5.92 Å². The van der Waals surface area contributed by atoms with Gasteiger partial charge in [-0.25, -0.2) is 0 Å². The number of hydrogen-bond acceptors (Lipinski definition) is 3. The highest BCUT2D eigenvalue weighted by atomic mass is 16.5. The number of para-hydroxylation sites is 1. The molecule has 0 amide bonds. The van der Waals surface area contributed by atoms with Crippen molar-refractivity contribution < 1.29 is 9.84 Å². The highest BCUT2D eigenvalue weighted by Gasteiger charge is 2.03. The molecule has 0 aromatic heterocycles. The van der Waals surface area contributed by atoms with Crippen molar-refractivity contribution in [2.45, 2.75) is 20.4 Å². The number of ether oxygens (including phenoxy) is 1. The number of aliphatic hydroxyl groups is 1. The first-order valence-electron chi connectivity index (χ1n) is 5.76. The van der Waals surface area contributed by atoms with Crippen LogP contribution in [0.5, 0.6) is 5.75 Å². The molecule has 0 unspecified atom stereocenters. The summed E-state index contributed by atoms with van der Waals surface area (Å²) in [6.45, 7) is 6.50. The Labute approximate surface area is 97.4 Å². The molecule has 0 heterocycles. The fourth-order valence-electron chi connectivity index (χ4n) is 1.35. The minimum Gasteiger partial charge on any atom is -0.493 e. The lowest BCUT2D eigenvalue weighted by molar-refractivity contribution is 0.266. The summed E-state index contributed by atoms with van der Waals surface area (Å²) in [6, 6.07) is 8.00. The Morgan fingerprint density at radius 3 is 2.75 bits per heavy atom. The van der Waals surface area contributed by atoms with E-state index in [0.717, 1.165) is 24.5 Å². The maximum atomic E-state index is 8.70. The van der Waals surface area contributed by atoms with Crippen LogP contribution in [0.1, 0.15) is 19.4 Å². The van der Waals surface area contributed by atoms with E-state index in [0.29, 0.717) is 12.5 Å². The van der Waals surface area contributed by atoms with E-state index in [1.165, 1.54) is 0 Å². The van der Waals surface area contributed by atoms with Gasteiger partial charge >= 0.3 is 0 Å². The first kappa shape index (κ1) is 13.0. The second-order valence-corrected chi connectivity index (χ2v) is 4.21. The van der Waals surface area contributed by atoms with Crippen LogP contribution in [-0.4, -0.2) is 24.9 Å². The monoisotopic (exact) mass is 223 g/mol. The Balaban J connectivity index is 2.53. The molecule has 1 aromatic carbocycles. The van der Waals surface area contributed by atoms with Crippen LogP contribution in [0.2, 0.25) is 0 Å². The maximum absolute atomic E-state index is 8.70.